The highest BCUT2D eigenvalue weighted by molar-refractivity contribution is 7.89. The molecule has 1 aromatic heterocycles. The third kappa shape index (κ3) is 4.78. The zero-order valence-corrected chi connectivity index (χ0v) is 18.7. The van der Waals surface area contributed by atoms with Gasteiger partial charge in [-0.1, -0.05) is 13.8 Å². The fraction of sp³-hybridized carbons (Fsp3) is 0.619. The summed E-state index contributed by atoms with van der Waals surface area (Å²) in [6.07, 6.45) is 3.39. The molecule has 1 aliphatic heterocycles. The van der Waals surface area contributed by atoms with E-state index in [-0.39, 0.29) is 28.3 Å². The minimum absolute atomic E-state index is 0.0303. The summed E-state index contributed by atoms with van der Waals surface area (Å²) in [5, 5.41) is 2.97. The largest absolute Gasteiger partial charge is 0.419 e. The summed E-state index contributed by atoms with van der Waals surface area (Å²) in [7, 11) is -3.68. The average molecular weight is 438 g/mol. The lowest BCUT2D eigenvalue weighted by Gasteiger charge is -2.31. The van der Waals surface area contributed by atoms with Crippen molar-refractivity contribution < 1.29 is 17.6 Å². The van der Waals surface area contributed by atoms with E-state index in [1.165, 1.54) is 21.0 Å². The summed E-state index contributed by atoms with van der Waals surface area (Å²) < 4.78 is 34.4. The molecule has 1 atom stereocenters. The van der Waals surface area contributed by atoms with Crippen LogP contribution in [0.3, 0.4) is 0 Å². The molecule has 2 heterocycles. The lowest BCUT2D eigenvalue weighted by Crippen LogP contribution is -2.40. The summed E-state index contributed by atoms with van der Waals surface area (Å²) in [5.41, 5.74) is 0.887. The molecule has 0 unspecified atom stereocenters. The fourth-order valence-corrected chi connectivity index (χ4v) is 5.33. The number of aromatic nitrogens is 1. The minimum atomic E-state index is -3.68. The molecule has 0 aliphatic carbocycles. The number of oxazole rings is 1. The first-order valence-electron chi connectivity index (χ1n) is 10.7. The molecule has 1 amide bonds. The number of aryl methyl sites for hydroxylation is 1. The lowest BCUT2D eigenvalue weighted by molar-refractivity contribution is -0.122. The van der Waals surface area contributed by atoms with Crippen LogP contribution in [0.5, 0.6) is 0 Å². The van der Waals surface area contributed by atoms with Crippen molar-refractivity contribution in [2.75, 3.05) is 13.1 Å². The number of fused-ring (bicyclic) bond motifs is 1. The van der Waals surface area contributed by atoms with E-state index in [4.69, 9.17) is 4.42 Å². The molecule has 1 fully saturated rings. The van der Waals surface area contributed by atoms with Gasteiger partial charge in [0, 0.05) is 38.2 Å². The van der Waals surface area contributed by atoms with Crippen molar-refractivity contribution in [2.45, 2.75) is 70.4 Å². The molecule has 3 rings (SSSR count). The maximum Gasteiger partial charge on any atom is 0.419 e. The Morgan fingerprint density at radius 3 is 2.60 bits per heavy atom. The van der Waals surface area contributed by atoms with E-state index in [9.17, 15) is 18.0 Å². The summed E-state index contributed by atoms with van der Waals surface area (Å²) in [6.45, 7) is 7.24. The number of nitrogens with one attached hydrogen (secondary N) is 1. The summed E-state index contributed by atoms with van der Waals surface area (Å²) in [5.74, 6) is -0.260. The van der Waals surface area contributed by atoms with Crippen LogP contribution in [-0.2, 0) is 21.4 Å². The van der Waals surface area contributed by atoms with Crippen molar-refractivity contribution in [3.05, 3.63) is 28.7 Å². The van der Waals surface area contributed by atoms with Crippen LogP contribution in [-0.4, -0.2) is 42.3 Å². The smallest absolute Gasteiger partial charge is 0.408 e. The van der Waals surface area contributed by atoms with E-state index in [2.05, 4.69) is 5.32 Å². The first kappa shape index (κ1) is 22.6. The Kier molecular flexibility index (Phi) is 7.02. The van der Waals surface area contributed by atoms with Gasteiger partial charge >= 0.3 is 5.76 Å². The summed E-state index contributed by atoms with van der Waals surface area (Å²) in [6, 6.07) is 4.75. The minimum Gasteiger partial charge on any atom is -0.408 e. The van der Waals surface area contributed by atoms with Gasteiger partial charge in [0.25, 0.3) is 0 Å². The predicted molar refractivity (Wildman–Crippen MR) is 115 cm³/mol. The van der Waals surface area contributed by atoms with E-state index in [0.29, 0.717) is 44.4 Å². The summed E-state index contributed by atoms with van der Waals surface area (Å²) >= 11 is 0. The molecule has 0 saturated carbocycles. The number of benzene rings is 1. The Hall–Kier alpha value is -2.13. The van der Waals surface area contributed by atoms with Gasteiger partial charge in [-0.15, -0.1) is 0 Å². The van der Waals surface area contributed by atoms with Crippen LogP contribution in [0.15, 0.2) is 32.3 Å². The average Bonchev–Trinajstić information content (AvgIpc) is 3.03. The normalized spacial score (nSPS) is 17.3. The van der Waals surface area contributed by atoms with Gasteiger partial charge in [-0.25, -0.2) is 13.2 Å². The quantitative estimate of drug-likeness (QED) is 0.684. The van der Waals surface area contributed by atoms with Crippen molar-refractivity contribution in [3.63, 3.8) is 0 Å². The zero-order chi connectivity index (χ0) is 21.9. The molecule has 30 heavy (non-hydrogen) atoms. The van der Waals surface area contributed by atoms with Crippen LogP contribution >= 0.6 is 0 Å². The number of carbonyl (C=O) groups is 1. The van der Waals surface area contributed by atoms with Crippen LogP contribution in [0.25, 0.3) is 11.1 Å². The molecule has 0 radical (unpaired) electrons. The molecule has 1 aromatic carbocycles. The number of hydrogen-bond acceptors (Lipinski definition) is 5. The third-order valence-electron chi connectivity index (χ3n) is 5.79. The molecule has 2 aromatic rings. The van der Waals surface area contributed by atoms with Crippen molar-refractivity contribution in [1.29, 1.82) is 0 Å². The standard InChI is InChI=1S/C21H31N3O5S/c1-4-10-24-18-7-6-17(14-19(18)29-21(24)26)30(27,28)23-11-8-16(9-12-23)13-20(25)22-15(3)5-2/h6-7,14-16H,4-5,8-13H2,1-3H3,(H,22,25)/t15-/m0/s1. The molecule has 8 nitrogen and oxygen atoms in total. The number of rotatable bonds is 8. The van der Waals surface area contributed by atoms with E-state index in [0.717, 1.165) is 12.8 Å². The van der Waals surface area contributed by atoms with Crippen LogP contribution in [0.1, 0.15) is 52.9 Å². The van der Waals surface area contributed by atoms with Crippen LogP contribution in [0, 0.1) is 5.92 Å². The van der Waals surface area contributed by atoms with Gasteiger partial charge in [-0.05, 0) is 50.7 Å². The zero-order valence-electron chi connectivity index (χ0n) is 17.9. The molecule has 1 saturated heterocycles. The third-order valence-corrected chi connectivity index (χ3v) is 7.69. The maximum absolute atomic E-state index is 13.1. The Bertz CT molecular complexity index is 1050. The van der Waals surface area contributed by atoms with Gasteiger partial charge in [0.2, 0.25) is 15.9 Å². The van der Waals surface area contributed by atoms with Crippen LogP contribution < -0.4 is 11.1 Å². The Morgan fingerprint density at radius 2 is 1.97 bits per heavy atom. The Balaban J connectivity index is 1.68. The highest BCUT2D eigenvalue weighted by Gasteiger charge is 2.31. The van der Waals surface area contributed by atoms with Crippen LogP contribution in [0.2, 0.25) is 0 Å². The second-order valence-electron chi connectivity index (χ2n) is 8.08. The van der Waals surface area contributed by atoms with Gasteiger partial charge < -0.3 is 9.73 Å². The monoisotopic (exact) mass is 437 g/mol. The van der Waals surface area contributed by atoms with Crippen molar-refractivity contribution >= 4 is 27.0 Å². The Labute approximate surface area is 177 Å². The van der Waals surface area contributed by atoms with Gasteiger partial charge in [0.1, 0.15) is 0 Å². The maximum atomic E-state index is 13.1. The van der Waals surface area contributed by atoms with E-state index < -0.39 is 15.8 Å². The van der Waals surface area contributed by atoms with Crippen LogP contribution in [0.4, 0.5) is 0 Å². The Morgan fingerprint density at radius 1 is 1.27 bits per heavy atom. The van der Waals surface area contributed by atoms with E-state index in [1.54, 1.807) is 6.07 Å². The number of piperidine rings is 1. The molecule has 166 valence electrons. The second kappa shape index (κ2) is 9.34. The topological polar surface area (TPSA) is 102 Å². The predicted octanol–water partition coefficient (Wildman–Crippen LogP) is 2.71. The van der Waals surface area contributed by atoms with Gasteiger partial charge in [0.15, 0.2) is 5.58 Å². The molecule has 1 aliphatic rings. The van der Waals surface area contributed by atoms with Gasteiger partial charge in [-0.2, -0.15) is 4.31 Å². The lowest BCUT2D eigenvalue weighted by atomic mass is 9.94. The van der Waals surface area contributed by atoms with Crippen molar-refractivity contribution in [3.8, 4) is 0 Å². The molecule has 9 heteroatoms. The number of nitrogens with zero attached hydrogens (tertiary/aromatic N) is 2. The van der Waals surface area contributed by atoms with E-state index >= 15 is 0 Å². The fourth-order valence-electron chi connectivity index (χ4n) is 3.84. The highest BCUT2D eigenvalue weighted by Crippen LogP contribution is 2.27. The molecule has 0 spiro atoms. The summed E-state index contributed by atoms with van der Waals surface area (Å²) in [4.78, 5) is 24.2. The highest BCUT2D eigenvalue weighted by atomic mass is 32.2. The number of carbonyl (C=O) groups excluding carboxylic acids is 1. The SMILES string of the molecule is CCCn1c(=O)oc2cc(S(=O)(=O)N3CCC(CC(=O)N[C@@H](C)CC)CC3)ccc21. The van der Waals surface area contributed by atoms with Gasteiger partial charge in [0.05, 0.1) is 10.4 Å². The number of amides is 1. The first-order valence-corrected chi connectivity index (χ1v) is 12.1. The molecular formula is C21H31N3O5S. The van der Waals surface area contributed by atoms with Gasteiger partial charge in [-0.3, -0.25) is 9.36 Å². The number of hydrogen-bond donors (Lipinski definition) is 1. The van der Waals surface area contributed by atoms with Crippen molar-refractivity contribution in [1.82, 2.24) is 14.2 Å². The molecular weight excluding hydrogens is 406 g/mol. The molecule has 1 N–H and O–H groups in total. The van der Waals surface area contributed by atoms with E-state index in [1.807, 2.05) is 20.8 Å². The van der Waals surface area contributed by atoms with Crippen molar-refractivity contribution in [2.24, 2.45) is 5.92 Å². The molecule has 0 bridgehead atoms. The number of sulfonamides is 1. The second-order valence-corrected chi connectivity index (χ2v) is 10.0. The first-order chi connectivity index (χ1) is 14.3.